The van der Waals surface area contributed by atoms with Crippen molar-refractivity contribution in [1.29, 1.82) is 0 Å². The summed E-state index contributed by atoms with van der Waals surface area (Å²) >= 11 is 1.51. The predicted molar refractivity (Wildman–Crippen MR) is 86.9 cm³/mol. The lowest BCUT2D eigenvalue weighted by Crippen LogP contribution is -2.37. The van der Waals surface area contributed by atoms with Gasteiger partial charge in [-0.25, -0.2) is 0 Å². The fourth-order valence-electron chi connectivity index (χ4n) is 2.38. The van der Waals surface area contributed by atoms with Gasteiger partial charge in [0, 0.05) is 18.8 Å². The van der Waals surface area contributed by atoms with E-state index in [4.69, 9.17) is 9.84 Å². The SMILES string of the molecule is Cc1ccc(-n2c(SCCO)nnc2N2CCOCC2)cc1. The van der Waals surface area contributed by atoms with E-state index in [0.717, 1.165) is 29.9 Å². The summed E-state index contributed by atoms with van der Waals surface area (Å²) in [5, 5.41) is 18.6. The monoisotopic (exact) mass is 320 g/mol. The molecule has 1 saturated heterocycles. The summed E-state index contributed by atoms with van der Waals surface area (Å²) in [6, 6.07) is 8.31. The zero-order valence-electron chi connectivity index (χ0n) is 12.6. The average molecular weight is 320 g/mol. The molecule has 1 fully saturated rings. The van der Waals surface area contributed by atoms with Crippen molar-refractivity contribution in [1.82, 2.24) is 14.8 Å². The molecule has 0 spiro atoms. The third-order valence-electron chi connectivity index (χ3n) is 3.52. The van der Waals surface area contributed by atoms with Gasteiger partial charge < -0.3 is 14.7 Å². The van der Waals surface area contributed by atoms with E-state index in [1.807, 2.05) is 0 Å². The second kappa shape index (κ2) is 7.13. The molecular weight excluding hydrogens is 300 g/mol. The Labute approximate surface area is 134 Å². The molecule has 6 nitrogen and oxygen atoms in total. The number of rotatable bonds is 5. The van der Waals surface area contributed by atoms with Gasteiger partial charge in [0.15, 0.2) is 5.16 Å². The fraction of sp³-hybridized carbons (Fsp3) is 0.467. The second-order valence-electron chi connectivity index (χ2n) is 5.13. The molecule has 1 aliphatic heterocycles. The van der Waals surface area contributed by atoms with Gasteiger partial charge in [-0.3, -0.25) is 4.57 Å². The second-order valence-corrected chi connectivity index (χ2v) is 6.19. The number of aryl methyl sites for hydroxylation is 1. The lowest BCUT2D eigenvalue weighted by atomic mass is 10.2. The Hall–Kier alpha value is -1.57. The molecule has 22 heavy (non-hydrogen) atoms. The summed E-state index contributed by atoms with van der Waals surface area (Å²) in [7, 11) is 0. The van der Waals surface area contributed by atoms with Crippen LogP contribution in [-0.2, 0) is 4.74 Å². The number of nitrogens with zero attached hydrogens (tertiary/aromatic N) is 4. The maximum absolute atomic E-state index is 9.08. The lowest BCUT2D eigenvalue weighted by molar-refractivity contribution is 0.122. The Morgan fingerprint density at radius 1 is 1.18 bits per heavy atom. The van der Waals surface area contributed by atoms with Crippen molar-refractivity contribution in [2.45, 2.75) is 12.1 Å². The molecule has 118 valence electrons. The highest BCUT2D eigenvalue weighted by Crippen LogP contribution is 2.27. The van der Waals surface area contributed by atoms with Crippen LogP contribution in [0.25, 0.3) is 5.69 Å². The third kappa shape index (κ3) is 3.26. The van der Waals surface area contributed by atoms with Gasteiger partial charge in [-0.15, -0.1) is 10.2 Å². The quantitative estimate of drug-likeness (QED) is 0.842. The summed E-state index contributed by atoms with van der Waals surface area (Å²) in [5.74, 6) is 1.44. The highest BCUT2D eigenvalue weighted by Gasteiger charge is 2.21. The minimum absolute atomic E-state index is 0.123. The van der Waals surface area contributed by atoms with Crippen LogP contribution < -0.4 is 4.90 Å². The molecule has 2 aromatic rings. The topological polar surface area (TPSA) is 63.4 Å². The summed E-state index contributed by atoms with van der Waals surface area (Å²) in [6.45, 7) is 5.24. The van der Waals surface area contributed by atoms with Crippen LogP contribution in [0.4, 0.5) is 5.95 Å². The van der Waals surface area contributed by atoms with Crippen LogP contribution in [0.1, 0.15) is 5.56 Å². The predicted octanol–water partition coefficient (Wildman–Crippen LogP) is 1.50. The Morgan fingerprint density at radius 2 is 1.91 bits per heavy atom. The molecular formula is C15H20N4O2S. The molecule has 2 heterocycles. The van der Waals surface area contributed by atoms with Gasteiger partial charge in [0.05, 0.1) is 25.5 Å². The van der Waals surface area contributed by atoms with Gasteiger partial charge in [-0.1, -0.05) is 29.5 Å². The molecule has 0 bridgehead atoms. The highest BCUT2D eigenvalue weighted by atomic mass is 32.2. The van der Waals surface area contributed by atoms with Gasteiger partial charge in [0.2, 0.25) is 5.95 Å². The summed E-state index contributed by atoms with van der Waals surface area (Å²) in [6.07, 6.45) is 0. The number of anilines is 1. The zero-order chi connectivity index (χ0) is 15.4. The van der Waals surface area contributed by atoms with Crippen LogP contribution in [0.2, 0.25) is 0 Å². The summed E-state index contributed by atoms with van der Waals surface area (Å²) < 4.78 is 7.48. The van der Waals surface area contributed by atoms with E-state index in [0.29, 0.717) is 19.0 Å². The maximum Gasteiger partial charge on any atom is 0.232 e. The summed E-state index contributed by atoms with van der Waals surface area (Å²) in [5.41, 5.74) is 2.26. The molecule has 0 unspecified atom stereocenters. The number of hydrogen-bond donors (Lipinski definition) is 1. The maximum atomic E-state index is 9.08. The average Bonchev–Trinajstić information content (AvgIpc) is 2.98. The van der Waals surface area contributed by atoms with Gasteiger partial charge in [0.25, 0.3) is 0 Å². The van der Waals surface area contributed by atoms with Crippen molar-refractivity contribution in [3.63, 3.8) is 0 Å². The third-order valence-corrected chi connectivity index (χ3v) is 4.43. The number of aliphatic hydroxyl groups is 1. The molecule has 1 aromatic carbocycles. The van der Waals surface area contributed by atoms with Crippen molar-refractivity contribution in [2.75, 3.05) is 43.6 Å². The minimum Gasteiger partial charge on any atom is -0.396 e. The van der Waals surface area contributed by atoms with Crippen LogP contribution in [-0.4, -0.2) is 58.5 Å². The van der Waals surface area contributed by atoms with E-state index in [2.05, 4.69) is 50.9 Å². The number of morpholine rings is 1. The van der Waals surface area contributed by atoms with Gasteiger partial charge >= 0.3 is 0 Å². The molecule has 7 heteroatoms. The number of ether oxygens (including phenoxy) is 1. The highest BCUT2D eigenvalue weighted by molar-refractivity contribution is 7.99. The zero-order valence-corrected chi connectivity index (χ0v) is 13.4. The molecule has 0 radical (unpaired) electrons. The van der Waals surface area contributed by atoms with Crippen molar-refractivity contribution in [3.8, 4) is 5.69 Å². The van der Waals surface area contributed by atoms with Crippen molar-refractivity contribution >= 4 is 17.7 Å². The van der Waals surface area contributed by atoms with E-state index in [1.54, 1.807) is 0 Å². The Bertz CT molecular complexity index is 609. The lowest BCUT2D eigenvalue weighted by Gasteiger charge is -2.27. The van der Waals surface area contributed by atoms with E-state index < -0.39 is 0 Å². The largest absolute Gasteiger partial charge is 0.396 e. The molecule has 1 aromatic heterocycles. The Kier molecular flexibility index (Phi) is 4.97. The molecule has 1 N–H and O–H groups in total. The van der Waals surface area contributed by atoms with Crippen LogP contribution >= 0.6 is 11.8 Å². The molecule has 0 amide bonds. The van der Waals surface area contributed by atoms with E-state index in [1.165, 1.54) is 17.3 Å². The smallest absolute Gasteiger partial charge is 0.232 e. The normalized spacial score (nSPS) is 15.3. The van der Waals surface area contributed by atoms with Gasteiger partial charge in [0.1, 0.15) is 0 Å². The van der Waals surface area contributed by atoms with Crippen molar-refractivity contribution in [3.05, 3.63) is 29.8 Å². The Morgan fingerprint density at radius 3 is 2.59 bits per heavy atom. The van der Waals surface area contributed by atoms with Crippen LogP contribution in [0, 0.1) is 6.92 Å². The first-order chi connectivity index (χ1) is 10.8. The number of hydrogen-bond acceptors (Lipinski definition) is 6. The molecule has 1 aliphatic rings. The van der Waals surface area contributed by atoms with Gasteiger partial charge in [-0.05, 0) is 19.1 Å². The van der Waals surface area contributed by atoms with Crippen LogP contribution in [0.5, 0.6) is 0 Å². The first kappa shape index (κ1) is 15.3. The van der Waals surface area contributed by atoms with Crippen molar-refractivity contribution in [2.24, 2.45) is 0 Å². The van der Waals surface area contributed by atoms with E-state index in [-0.39, 0.29) is 6.61 Å². The van der Waals surface area contributed by atoms with Crippen LogP contribution in [0.15, 0.2) is 29.4 Å². The Balaban J connectivity index is 1.98. The number of aromatic nitrogens is 3. The first-order valence-electron chi connectivity index (χ1n) is 7.38. The number of aliphatic hydroxyl groups excluding tert-OH is 1. The summed E-state index contributed by atoms with van der Waals surface area (Å²) in [4.78, 5) is 2.19. The van der Waals surface area contributed by atoms with Gasteiger partial charge in [-0.2, -0.15) is 0 Å². The molecule has 0 aliphatic carbocycles. The van der Waals surface area contributed by atoms with E-state index in [9.17, 15) is 0 Å². The minimum atomic E-state index is 0.123. The molecule has 3 rings (SSSR count). The van der Waals surface area contributed by atoms with Crippen molar-refractivity contribution < 1.29 is 9.84 Å². The first-order valence-corrected chi connectivity index (χ1v) is 8.37. The standard InChI is InChI=1S/C15H20N4O2S/c1-12-2-4-13(5-3-12)19-14(18-6-9-21-10-7-18)16-17-15(19)22-11-8-20/h2-5,20H,6-11H2,1H3. The fourth-order valence-corrected chi connectivity index (χ4v) is 3.07. The molecule has 0 atom stereocenters. The molecule has 0 saturated carbocycles. The number of thioether (sulfide) groups is 1. The number of benzene rings is 1. The van der Waals surface area contributed by atoms with E-state index >= 15 is 0 Å². The van der Waals surface area contributed by atoms with Crippen LogP contribution in [0.3, 0.4) is 0 Å².